The average Bonchev–Trinajstić information content (AvgIpc) is 2.08. The molecule has 3 heteroatoms. The van der Waals surface area contributed by atoms with E-state index < -0.39 is 6.10 Å². The molecule has 0 aliphatic rings. The lowest BCUT2D eigenvalue weighted by molar-refractivity contribution is 0.124. The summed E-state index contributed by atoms with van der Waals surface area (Å²) in [6.07, 6.45) is -0.613. The van der Waals surface area contributed by atoms with E-state index in [4.69, 9.17) is 0 Å². The van der Waals surface area contributed by atoms with Gasteiger partial charge in [-0.15, -0.1) is 0 Å². The van der Waals surface area contributed by atoms with Crippen LogP contribution in [-0.2, 0) is 0 Å². The van der Waals surface area contributed by atoms with Gasteiger partial charge in [-0.3, -0.25) is 0 Å². The third-order valence-corrected chi connectivity index (χ3v) is 2.43. The molecule has 13 heavy (non-hydrogen) atoms. The van der Waals surface area contributed by atoms with Crippen LogP contribution in [0.1, 0.15) is 25.5 Å². The Morgan fingerprint density at radius 2 is 1.92 bits per heavy atom. The average molecular weight is 245 g/mol. The molecule has 2 nitrogen and oxygen atoms in total. The van der Waals surface area contributed by atoms with Crippen LogP contribution in [0.4, 0.5) is 0 Å². The van der Waals surface area contributed by atoms with Crippen molar-refractivity contribution in [2.24, 2.45) is 5.92 Å². The summed E-state index contributed by atoms with van der Waals surface area (Å²) < 4.78 is 0.861. The minimum Gasteiger partial charge on any atom is -0.508 e. The summed E-state index contributed by atoms with van der Waals surface area (Å²) in [6.45, 7) is 3.82. The zero-order chi connectivity index (χ0) is 10.0. The van der Waals surface area contributed by atoms with Crippen molar-refractivity contribution in [1.82, 2.24) is 0 Å². The van der Waals surface area contributed by atoms with Crippen molar-refractivity contribution >= 4 is 15.9 Å². The van der Waals surface area contributed by atoms with Crippen LogP contribution in [0.2, 0.25) is 0 Å². The smallest absolute Gasteiger partial charge is 0.121 e. The molecule has 0 radical (unpaired) electrons. The van der Waals surface area contributed by atoms with E-state index in [1.165, 1.54) is 0 Å². The molecule has 2 N–H and O–H groups in total. The van der Waals surface area contributed by atoms with Gasteiger partial charge in [0.2, 0.25) is 0 Å². The summed E-state index contributed by atoms with van der Waals surface area (Å²) in [5.74, 6) is 0.240. The Kier molecular flexibility index (Phi) is 3.33. The normalized spacial score (nSPS) is 13.3. The molecule has 0 spiro atoms. The highest BCUT2D eigenvalue weighted by molar-refractivity contribution is 9.10. The molecule has 1 atom stereocenters. The molecule has 0 fully saturated rings. The lowest BCUT2D eigenvalue weighted by Crippen LogP contribution is -2.05. The Bertz CT molecular complexity index is 297. The predicted molar refractivity (Wildman–Crippen MR) is 55.6 cm³/mol. The maximum absolute atomic E-state index is 9.72. The first-order valence-electron chi connectivity index (χ1n) is 4.19. The van der Waals surface area contributed by atoms with Gasteiger partial charge in [-0.1, -0.05) is 29.8 Å². The fraction of sp³-hybridized carbons (Fsp3) is 0.400. The zero-order valence-electron chi connectivity index (χ0n) is 7.66. The van der Waals surface area contributed by atoms with E-state index in [0.29, 0.717) is 5.56 Å². The number of rotatable bonds is 2. The van der Waals surface area contributed by atoms with Gasteiger partial charge >= 0.3 is 0 Å². The maximum atomic E-state index is 9.72. The Morgan fingerprint density at radius 1 is 1.31 bits per heavy atom. The molecule has 1 rings (SSSR count). The van der Waals surface area contributed by atoms with Crippen molar-refractivity contribution in [2.75, 3.05) is 0 Å². The van der Waals surface area contributed by atoms with E-state index in [0.717, 1.165) is 4.47 Å². The van der Waals surface area contributed by atoms with E-state index in [1.807, 2.05) is 13.8 Å². The number of aromatic hydroxyl groups is 1. The summed E-state index contributed by atoms with van der Waals surface area (Å²) in [4.78, 5) is 0. The highest BCUT2D eigenvalue weighted by Crippen LogP contribution is 2.31. The second-order valence-corrected chi connectivity index (χ2v) is 4.31. The van der Waals surface area contributed by atoms with Crippen molar-refractivity contribution in [3.8, 4) is 5.75 Å². The third-order valence-electron chi connectivity index (χ3n) is 1.94. The first-order chi connectivity index (χ1) is 6.02. The molecule has 0 aliphatic carbocycles. The van der Waals surface area contributed by atoms with Crippen molar-refractivity contribution < 1.29 is 10.2 Å². The summed E-state index contributed by atoms with van der Waals surface area (Å²) in [6, 6.07) is 5.05. The lowest BCUT2D eigenvalue weighted by Gasteiger charge is -2.16. The molecule has 1 unspecified atom stereocenters. The van der Waals surface area contributed by atoms with E-state index in [2.05, 4.69) is 15.9 Å². The highest BCUT2D eigenvalue weighted by Gasteiger charge is 2.15. The van der Waals surface area contributed by atoms with E-state index in [9.17, 15) is 10.2 Å². The molecule has 0 heterocycles. The molecule has 0 saturated carbocycles. The molecular weight excluding hydrogens is 232 g/mol. The van der Waals surface area contributed by atoms with Crippen molar-refractivity contribution in [3.63, 3.8) is 0 Å². The number of benzene rings is 1. The van der Waals surface area contributed by atoms with E-state index >= 15 is 0 Å². The molecule has 1 aromatic rings. The number of phenolic OH excluding ortho intramolecular Hbond substituents is 1. The SMILES string of the molecule is CC(C)C(O)c1cc(Br)ccc1O. The van der Waals surface area contributed by atoms with Gasteiger partial charge in [0.05, 0.1) is 6.10 Å². The number of hydrogen-bond donors (Lipinski definition) is 2. The Balaban J connectivity index is 3.05. The number of aliphatic hydroxyl groups is 1. The van der Waals surface area contributed by atoms with Crippen molar-refractivity contribution in [1.29, 1.82) is 0 Å². The second-order valence-electron chi connectivity index (χ2n) is 3.39. The largest absolute Gasteiger partial charge is 0.508 e. The molecule has 0 aliphatic heterocycles. The second kappa shape index (κ2) is 4.11. The first-order valence-corrected chi connectivity index (χ1v) is 4.98. The summed E-state index contributed by atoms with van der Waals surface area (Å²) in [5.41, 5.74) is 0.573. The standard InChI is InChI=1S/C10H13BrO2/c1-6(2)10(13)8-5-7(11)3-4-9(8)12/h3-6,10,12-13H,1-2H3. The molecule has 0 amide bonds. The summed E-state index contributed by atoms with van der Waals surface area (Å²) >= 11 is 3.29. The van der Waals surface area contributed by atoms with Crippen LogP contribution in [0, 0.1) is 5.92 Å². The molecule has 0 saturated heterocycles. The molecule has 0 bridgehead atoms. The van der Waals surface area contributed by atoms with E-state index in [-0.39, 0.29) is 11.7 Å². The lowest BCUT2D eigenvalue weighted by atomic mass is 9.98. The molecule has 72 valence electrons. The number of halogens is 1. The van der Waals surface area contributed by atoms with Gasteiger partial charge in [0.25, 0.3) is 0 Å². The van der Waals surface area contributed by atoms with Gasteiger partial charge in [-0.2, -0.15) is 0 Å². The van der Waals surface area contributed by atoms with Gasteiger partial charge in [0, 0.05) is 10.0 Å². The minimum absolute atomic E-state index is 0.0974. The van der Waals surface area contributed by atoms with Crippen molar-refractivity contribution in [2.45, 2.75) is 20.0 Å². The quantitative estimate of drug-likeness (QED) is 0.841. The number of phenols is 1. The molecular formula is C10H13BrO2. The van der Waals surface area contributed by atoms with Crippen LogP contribution in [0.15, 0.2) is 22.7 Å². The van der Waals surface area contributed by atoms with Gasteiger partial charge in [-0.05, 0) is 24.1 Å². The van der Waals surface area contributed by atoms with Crippen LogP contribution < -0.4 is 0 Å². The van der Waals surface area contributed by atoms with Crippen LogP contribution >= 0.6 is 15.9 Å². The van der Waals surface area contributed by atoms with Crippen LogP contribution in [0.25, 0.3) is 0 Å². The third kappa shape index (κ3) is 2.45. The van der Waals surface area contributed by atoms with Crippen molar-refractivity contribution in [3.05, 3.63) is 28.2 Å². The minimum atomic E-state index is -0.613. The Labute approximate surface area is 86.3 Å². The summed E-state index contributed by atoms with van der Waals surface area (Å²) in [5, 5.41) is 19.2. The first kappa shape index (κ1) is 10.5. The van der Waals surface area contributed by atoms with Crippen LogP contribution in [0.5, 0.6) is 5.75 Å². The Morgan fingerprint density at radius 3 is 2.46 bits per heavy atom. The monoisotopic (exact) mass is 244 g/mol. The van der Waals surface area contributed by atoms with Gasteiger partial charge in [0.15, 0.2) is 0 Å². The van der Waals surface area contributed by atoms with Crippen LogP contribution in [0.3, 0.4) is 0 Å². The van der Waals surface area contributed by atoms with Gasteiger partial charge in [0.1, 0.15) is 5.75 Å². The van der Waals surface area contributed by atoms with E-state index in [1.54, 1.807) is 18.2 Å². The van der Waals surface area contributed by atoms with Gasteiger partial charge in [-0.25, -0.2) is 0 Å². The topological polar surface area (TPSA) is 40.5 Å². The van der Waals surface area contributed by atoms with Crippen LogP contribution in [-0.4, -0.2) is 10.2 Å². The molecule has 0 aromatic heterocycles. The highest BCUT2D eigenvalue weighted by atomic mass is 79.9. The fourth-order valence-electron chi connectivity index (χ4n) is 1.12. The fourth-order valence-corrected chi connectivity index (χ4v) is 1.50. The predicted octanol–water partition coefficient (Wildman–Crippen LogP) is 2.84. The summed E-state index contributed by atoms with van der Waals surface area (Å²) in [7, 11) is 0. The zero-order valence-corrected chi connectivity index (χ0v) is 9.25. The molecule has 1 aromatic carbocycles. The number of aliphatic hydroxyl groups excluding tert-OH is 1. The maximum Gasteiger partial charge on any atom is 0.121 e. The Hall–Kier alpha value is -0.540. The van der Waals surface area contributed by atoms with Gasteiger partial charge < -0.3 is 10.2 Å². The number of hydrogen-bond acceptors (Lipinski definition) is 2.